The first-order valence-electron chi connectivity index (χ1n) is 27.6. The molecular weight excluding hydrogens is 973 g/mol. The van der Waals surface area contributed by atoms with Gasteiger partial charge in [-0.15, -0.1) is 0 Å². The van der Waals surface area contributed by atoms with E-state index >= 15 is 0 Å². The molecule has 1 fully saturated rings. The molecule has 0 saturated heterocycles. The number of benzene rings is 4. The van der Waals surface area contributed by atoms with Gasteiger partial charge in [0.1, 0.15) is 23.0 Å². The Hall–Kier alpha value is -3.79. The van der Waals surface area contributed by atoms with E-state index in [4.69, 9.17) is 27.2 Å². The van der Waals surface area contributed by atoms with Crippen molar-refractivity contribution < 1.29 is 36.8 Å². The van der Waals surface area contributed by atoms with Gasteiger partial charge in [0.2, 0.25) is 0 Å². The van der Waals surface area contributed by atoms with Gasteiger partial charge in [-0.2, -0.15) is 0 Å². The zero-order valence-corrected chi connectivity index (χ0v) is 52.4. The van der Waals surface area contributed by atoms with Gasteiger partial charge >= 0.3 is 11.9 Å². The lowest BCUT2D eigenvalue weighted by molar-refractivity contribution is -0.132. The topological polar surface area (TPSA) is 89.5 Å². The zero-order chi connectivity index (χ0) is 54.1. The molecule has 5 rings (SSSR count). The molecule has 0 amide bonds. The normalized spacial score (nSPS) is 14.2. The summed E-state index contributed by atoms with van der Waals surface area (Å²) in [7, 11) is -3.38. The summed E-state index contributed by atoms with van der Waals surface area (Å²) in [6.07, 6.45) is 15.0. The van der Waals surface area contributed by atoms with Crippen LogP contribution in [0.4, 0.5) is 0 Å². The largest absolute Gasteiger partial charge is 0.497 e. The average molecular weight is 1070 g/mol. The second-order valence-corrected chi connectivity index (χ2v) is 41.4. The summed E-state index contributed by atoms with van der Waals surface area (Å²) in [6, 6.07) is 34.3. The lowest BCUT2D eigenvalue weighted by Crippen LogP contribution is -2.44. The molecule has 4 aromatic rings. The summed E-state index contributed by atoms with van der Waals surface area (Å²) < 4.78 is 35.8. The lowest BCUT2D eigenvalue weighted by Gasteiger charge is -2.38. The lowest BCUT2D eigenvalue weighted by atomic mass is 9.65. The van der Waals surface area contributed by atoms with E-state index < -0.39 is 33.3 Å². The van der Waals surface area contributed by atoms with E-state index in [9.17, 15) is 9.59 Å². The highest BCUT2D eigenvalue weighted by Gasteiger charge is 2.37. The zero-order valence-electron chi connectivity index (χ0n) is 48.4. The van der Waals surface area contributed by atoms with Crippen molar-refractivity contribution in [2.24, 2.45) is 0 Å². The van der Waals surface area contributed by atoms with Crippen LogP contribution in [0.2, 0.25) is 76.6 Å². The highest BCUT2D eigenvalue weighted by Crippen LogP contribution is 2.46. The first-order chi connectivity index (χ1) is 34.3. The fourth-order valence-corrected chi connectivity index (χ4v) is 29.1. The van der Waals surface area contributed by atoms with Crippen LogP contribution in [0.3, 0.4) is 0 Å². The van der Waals surface area contributed by atoms with Crippen molar-refractivity contribution in [2.45, 2.75) is 212 Å². The monoisotopic (exact) mass is 1070 g/mol. The van der Waals surface area contributed by atoms with Gasteiger partial charge in [0.05, 0.1) is 14.2 Å². The highest BCUT2D eigenvalue weighted by molar-refractivity contribution is 6.85. The molecular formula is C61H96O8Si4. The molecule has 73 heavy (non-hydrogen) atoms. The maximum atomic E-state index is 12.1. The minimum absolute atomic E-state index is 0.0409. The number of aryl methyl sites for hydroxylation is 2. The van der Waals surface area contributed by atoms with Crippen molar-refractivity contribution in [1.82, 2.24) is 0 Å². The highest BCUT2D eigenvalue weighted by atomic mass is 28.4. The van der Waals surface area contributed by atoms with Gasteiger partial charge in [-0.25, -0.2) is 0 Å². The minimum atomic E-state index is -1.81. The fraction of sp³-hybridized carbons (Fsp3) is 0.574. The van der Waals surface area contributed by atoms with Gasteiger partial charge in [0.25, 0.3) is 0 Å². The molecule has 4 aromatic carbocycles. The van der Waals surface area contributed by atoms with Crippen LogP contribution in [0.15, 0.2) is 84.9 Å². The molecule has 8 nitrogen and oxygen atoms in total. The molecule has 12 heteroatoms. The van der Waals surface area contributed by atoms with Crippen LogP contribution in [-0.4, -0.2) is 59.4 Å². The van der Waals surface area contributed by atoms with Crippen LogP contribution in [0.5, 0.6) is 23.0 Å². The molecule has 0 heterocycles. The van der Waals surface area contributed by atoms with Crippen molar-refractivity contribution >= 4 is 45.2 Å². The Morgan fingerprint density at radius 1 is 0.507 bits per heavy atom. The second-order valence-electron chi connectivity index (χ2n) is 23.7. The van der Waals surface area contributed by atoms with Crippen LogP contribution in [0.1, 0.15) is 146 Å². The number of hydrogen-bond acceptors (Lipinski definition) is 8. The molecule has 0 unspecified atom stereocenters. The summed E-state index contributed by atoms with van der Waals surface area (Å²) in [4.78, 5) is 23.2. The number of methoxy groups -OCH3 is 2. The van der Waals surface area contributed by atoms with E-state index in [0.717, 1.165) is 67.7 Å². The third kappa shape index (κ3) is 19.4. The van der Waals surface area contributed by atoms with Crippen molar-refractivity contribution in [1.29, 1.82) is 0 Å². The molecule has 0 radical (unpaired) electrons. The molecule has 0 aliphatic heterocycles. The van der Waals surface area contributed by atoms with Gasteiger partial charge in [-0.05, 0) is 185 Å². The van der Waals surface area contributed by atoms with Crippen molar-refractivity contribution in [3.63, 3.8) is 0 Å². The predicted molar refractivity (Wildman–Crippen MR) is 315 cm³/mol. The van der Waals surface area contributed by atoms with E-state index in [1.165, 1.54) is 98.7 Å². The fourth-order valence-electron chi connectivity index (χ4n) is 11.1. The quantitative estimate of drug-likeness (QED) is 0.0349. The number of rotatable bonds is 26. The summed E-state index contributed by atoms with van der Waals surface area (Å²) in [5.41, 5.74) is 7.26. The number of carbonyl (C=O) groups is 2. The van der Waals surface area contributed by atoms with E-state index in [-0.39, 0.29) is 22.8 Å². The van der Waals surface area contributed by atoms with Gasteiger partial charge in [-0.3, -0.25) is 9.59 Å². The van der Waals surface area contributed by atoms with Gasteiger partial charge in [0, 0.05) is 24.7 Å². The maximum absolute atomic E-state index is 12.1. The maximum Gasteiger partial charge on any atom is 0.308 e. The van der Waals surface area contributed by atoms with Gasteiger partial charge < -0.3 is 27.2 Å². The average Bonchev–Trinajstić information content (AvgIpc) is 3.32. The summed E-state index contributed by atoms with van der Waals surface area (Å²) in [5.74, 6) is 2.55. The summed E-state index contributed by atoms with van der Waals surface area (Å²) in [6.45, 7) is 31.1. The Labute approximate surface area is 447 Å². The molecule has 1 aliphatic carbocycles. The van der Waals surface area contributed by atoms with Crippen molar-refractivity contribution in [2.75, 3.05) is 14.2 Å². The van der Waals surface area contributed by atoms with E-state index in [0.29, 0.717) is 11.5 Å². The minimum Gasteiger partial charge on any atom is -0.497 e. The number of esters is 2. The Kier molecular flexibility index (Phi) is 23.5. The van der Waals surface area contributed by atoms with E-state index in [1.54, 1.807) is 14.2 Å². The summed E-state index contributed by atoms with van der Waals surface area (Å²) >= 11 is 0. The predicted octanol–water partition coefficient (Wildman–Crippen LogP) is 17.1. The van der Waals surface area contributed by atoms with Crippen LogP contribution in [0, 0.1) is 0 Å². The van der Waals surface area contributed by atoms with E-state index in [2.05, 4.69) is 135 Å². The number of unbranched alkanes of at least 4 members (excludes halogenated alkanes) is 2. The van der Waals surface area contributed by atoms with Crippen molar-refractivity contribution in [3.05, 3.63) is 118 Å². The molecule has 404 valence electrons. The Morgan fingerprint density at radius 2 is 0.904 bits per heavy atom. The Bertz CT molecular complexity index is 2330. The van der Waals surface area contributed by atoms with Gasteiger partial charge in [0.15, 0.2) is 33.3 Å². The first kappa shape index (κ1) is 61.8. The molecule has 0 bridgehead atoms. The molecule has 1 aliphatic rings. The second kappa shape index (κ2) is 27.8. The molecule has 0 N–H and O–H groups in total. The number of hydrogen-bond donors (Lipinski definition) is 0. The van der Waals surface area contributed by atoms with Crippen molar-refractivity contribution in [3.8, 4) is 23.0 Å². The Balaban J connectivity index is 0.000000397. The molecule has 0 aromatic heterocycles. The van der Waals surface area contributed by atoms with E-state index in [1.807, 2.05) is 30.3 Å². The first-order valence-corrected chi connectivity index (χ1v) is 40.1. The standard InChI is InChI=1S/C40H72O5Si4.C21H24O3/c1-15-17-27-46(7,8)44-48(11,12)29-19-21-34-31-36(23-25-38(34)42-6)40(4,5)37-24-26-39(43-33(3)41)35(32-37)22-20-30-49(13,14)45-47(9,10)28-18-16-2;1-16(22)24-20-12-8-18(9-13-20)21(14-4-3-5-15-21)17-6-10-19(23-2)11-7-17/h23-26,31-32H,15-22,27-30H2,1-14H3;6-13H,3-5,14-15H2,1-2H3. The Morgan fingerprint density at radius 3 is 1.30 bits per heavy atom. The van der Waals surface area contributed by atoms with Crippen LogP contribution in [0.25, 0.3) is 0 Å². The SMILES string of the molecule is CCCC[Si](C)(C)O[Si](C)(C)CCCc1cc(C(C)(C)c2ccc(OC(C)=O)c(CCC[Si](C)(C)O[Si](C)(C)CCCC)c2)ccc1OC.COc1ccc(C2(c3ccc(OC(C)=O)cc3)CCCCC2)cc1. The van der Waals surface area contributed by atoms with Crippen LogP contribution >= 0.6 is 0 Å². The van der Waals surface area contributed by atoms with Crippen LogP contribution < -0.4 is 18.9 Å². The third-order valence-electron chi connectivity index (χ3n) is 14.9. The molecule has 0 spiro atoms. The molecule has 0 atom stereocenters. The number of carbonyl (C=O) groups excluding carboxylic acids is 2. The third-order valence-corrected chi connectivity index (χ3v) is 29.9. The summed E-state index contributed by atoms with van der Waals surface area (Å²) in [5, 5.41) is 0. The number of ether oxygens (including phenoxy) is 4. The molecule has 1 saturated carbocycles. The van der Waals surface area contributed by atoms with Crippen LogP contribution in [-0.2, 0) is 41.5 Å². The smallest absolute Gasteiger partial charge is 0.308 e. The van der Waals surface area contributed by atoms with Gasteiger partial charge in [-0.1, -0.05) is 121 Å².